The lowest BCUT2D eigenvalue weighted by atomic mass is 10.1. The Hall–Kier alpha value is -3.24. The first-order chi connectivity index (χ1) is 13.8. The summed E-state index contributed by atoms with van der Waals surface area (Å²) < 4.78 is 53.9. The molecule has 0 spiro atoms. The second-order valence-corrected chi connectivity index (χ2v) is 6.67. The molecule has 0 bridgehead atoms. The highest BCUT2D eigenvalue weighted by Crippen LogP contribution is 2.30. The Morgan fingerprint density at radius 3 is 2.55 bits per heavy atom. The van der Waals surface area contributed by atoms with E-state index in [1.54, 1.807) is 16.6 Å². The van der Waals surface area contributed by atoms with Gasteiger partial charge in [-0.1, -0.05) is 0 Å². The van der Waals surface area contributed by atoms with Gasteiger partial charge in [-0.05, 0) is 35.9 Å². The smallest absolute Gasteiger partial charge is 0.352 e. The van der Waals surface area contributed by atoms with E-state index < -0.39 is 29.9 Å². The number of alkyl halides is 3. The maximum atomic E-state index is 13.9. The number of carbonyl (C=O) groups excluding carboxylic acids is 1. The molecule has 3 aromatic rings. The van der Waals surface area contributed by atoms with Crippen LogP contribution in [0.3, 0.4) is 0 Å². The molecule has 1 amide bonds. The Morgan fingerprint density at radius 1 is 1.07 bits per heavy atom. The van der Waals surface area contributed by atoms with Crippen LogP contribution in [0.4, 0.5) is 23.4 Å². The highest BCUT2D eigenvalue weighted by molar-refractivity contribution is 5.79. The Labute approximate surface area is 162 Å². The number of amides is 1. The van der Waals surface area contributed by atoms with Gasteiger partial charge in [0.15, 0.2) is 5.65 Å². The van der Waals surface area contributed by atoms with Gasteiger partial charge in [-0.15, -0.1) is 15.3 Å². The van der Waals surface area contributed by atoms with Crippen molar-refractivity contribution in [3.8, 4) is 0 Å². The van der Waals surface area contributed by atoms with Gasteiger partial charge in [-0.3, -0.25) is 4.79 Å². The second kappa shape index (κ2) is 7.30. The first kappa shape index (κ1) is 19.1. The number of carbonyl (C=O) groups is 1. The molecule has 0 atom stereocenters. The molecular weight excluding hydrogens is 392 g/mol. The second-order valence-electron chi connectivity index (χ2n) is 6.67. The van der Waals surface area contributed by atoms with E-state index in [2.05, 4.69) is 15.3 Å². The summed E-state index contributed by atoms with van der Waals surface area (Å²) in [5, 5.41) is 12.1. The third-order valence-corrected chi connectivity index (χ3v) is 4.82. The van der Waals surface area contributed by atoms with Crippen molar-refractivity contribution in [2.24, 2.45) is 0 Å². The van der Waals surface area contributed by atoms with Crippen molar-refractivity contribution in [2.45, 2.75) is 12.6 Å². The molecule has 1 fully saturated rings. The molecule has 1 aliphatic rings. The molecule has 1 saturated heterocycles. The number of hydrogen-bond acceptors (Lipinski definition) is 5. The Morgan fingerprint density at radius 2 is 1.83 bits per heavy atom. The van der Waals surface area contributed by atoms with Gasteiger partial charge in [0, 0.05) is 26.2 Å². The largest absolute Gasteiger partial charge is 0.416 e. The lowest BCUT2D eigenvalue weighted by Crippen LogP contribution is -2.49. The molecular formula is C18H16F4N6O. The lowest BCUT2D eigenvalue weighted by molar-refractivity contribution is -0.138. The Kier molecular flexibility index (Phi) is 4.81. The summed E-state index contributed by atoms with van der Waals surface area (Å²) in [6, 6.07) is 5.70. The topological polar surface area (TPSA) is 66.6 Å². The monoisotopic (exact) mass is 408 g/mol. The number of rotatable bonds is 3. The number of anilines is 1. The highest BCUT2D eigenvalue weighted by atomic mass is 19.4. The first-order valence-electron chi connectivity index (χ1n) is 8.87. The molecule has 3 heterocycles. The van der Waals surface area contributed by atoms with Crippen LogP contribution in [0.25, 0.3) is 5.65 Å². The quantitative estimate of drug-likeness (QED) is 0.622. The molecule has 4 rings (SSSR count). The minimum Gasteiger partial charge on any atom is -0.352 e. The van der Waals surface area contributed by atoms with Crippen LogP contribution in [0.1, 0.15) is 11.1 Å². The lowest BCUT2D eigenvalue weighted by Gasteiger charge is -2.35. The maximum absolute atomic E-state index is 13.9. The van der Waals surface area contributed by atoms with Crippen molar-refractivity contribution >= 4 is 17.4 Å². The molecule has 7 nitrogen and oxygen atoms in total. The van der Waals surface area contributed by atoms with Gasteiger partial charge in [-0.2, -0.15) is 17.7 Å². The summed E-state index contributed by atoms with van der Waals surface area (Å²) in [5.41, 5.74) is -0.611. The molecule has 0 unspecified atom stereocenters. The summed E-state index contributed by atoms with van der Waals surface area (Å²) in [5.74, 6) is -0.533. The predicted molar refractivity (Wildman–Crippen MR) is 94.7 cm³/mol. The molecule has 0 N–H and O–H groups in total. The highest BCUT2D eigenvalue weighted by Gasteiger charge is 2.31. The van der Waals surface area contributed by atoms with E-state index in [1.165, 1.54) is 11.2 Å². The van der Waals surface area contributed by atoms with E-state index >= 15 is 0 Å². The fraction of sp³-hybridized carbons (Fsp3) is 0.333. The first-order valence-corrected chi connectivity index (χ1v) is 8.87. The SMILES string of the molecule is O=C(Cc1cc(C(F)(F)F)ccc1F)N1CCN(c2ccc3nncn3n2)CC1. The normalized spacial score (nSPS) is 15.2. The molecule has 0 aliphatic carbocycles. The minimum absolute atomic E-state index is 0.257. The zero-order valence-corrected chi connectivity index (χ0v) is 15.1. The summed E-state index contributed by atoms with van der Waals surface area (Å²) in [7, 11) is 0. The average molecular weight is 408 g/mol. The van der Waals surface area contributed by atoms with Crippen molar-refractivity contribution in [3.63, 3.8) is 0 Å². The number of benzene rings is 1. The van der Waals surface area contributed by atoms with Crippen LogP contribution < -0.4 is 4.90 Å². The van der Waals surface area contributed by atoms with Crippen LogP contribution >= 0.6 is 0 Å². The number of nitrogens with zero attached hydrogens (tertiary/aromatic N) is 6. The molecule has 0 saturated carbocycles. The summed E-state index contributed by atoms with van der Waals surface area (Å²) >= 11 is 0. The molecule has 2 aromatic heterocycles. The van der Waals surface area contributed by atoms with Crippen LogP contribution in [-0.2, 0) is 17.4 Å². The van der Waals surface area contributed by atoms with Crippen molar-refractivity contribution in [2.75, 3.05) is 31.1 Å². The number of fused-ring (bicyclic) bond motifs is 1. The molecule has 0 radical (unpaired) electrons. The maximum Gasteiger partial charge on any atom is 0.416 e. The van der Waals surface area contributed by atoms with Crippen molar-refractivity contribution in [1.82, 2.24) is 24.7 Å². The predicted octanol–water partition coefficient (Wildman–Crippen LogP) is 2.17. The molecule has 11 heteroatoms. The summed E-state index contributed by atoms with van der Waals surface area (Å²) in [4.78, 5) is 16.0. The number of hydrogen-bond donors (Lipinski definition) is 0. The van der Waals surface area contributed by atoms with E-state index in [9.17, 15) is 22.4 Å². The van der Waals surface area contributed by atoms with Crippen LogP contribution in [-0.4, -0.2) is 56.8 Å². The van der Waals surface area contributed by atoms with Gasteiger partial charge in [0.1, 0.15) is 18.0 Å². The van der Waals surface area contributed by atoms with Crippen LogP contribution in [0.15, 0.2) is 36.7 Å². The molecule has 152 valence electrons. The third kappa shape index (κ3) is 3.98. The van der Waals surface area contributed by atoms with Gasteiger partial charge in [0.2, 0.25) is 5.91 Å². The molecule has 29 heavy (non-hydrogen) atoms. The minimum atomic E-state index is -4.59. The van der Waals surface area contributed by atoms with Crippen molar-refractivity contribution < 1.29 is 22.4 Å². The fourth-order valence-electron chi connectivity index (χ4n) is 3.23. The molecule has 1 aromatic carbocycles. The van der Waals surface area contributed by atoms with Crippen LogP contribution in [0.5, 0.6) is 0 Å². The van der Waals surface area contributed by atoms with E-state index in [1.807, 2.05) is 4.90 Å². The summed E-state index contributed by atoms with van der Waals surface area (Å²) in [6.45, 7) is 1.72. The number of aromatic nitrogens is 4. The zero-order valence-electron chi connectivity index (χ0n) is 15.1. The van der Waals surface area contributed by atoms with Gasteiger partial charge < -0.3 is 9.80 Å². The van der Waals surface area contributed by atoms with E-state index in [0.29, 0.717) is 49.8 Å². The van der Waals surface area contributed by atoms with Crippen molar-refractivity contribution in [1.29, 1.82) is 0 Å². The average Bonchev–Trinajstić information content (AvgIpc) is 3.16. The van der Waals surface area contributed by atoms with Gasteiger partial charge >= 0.3 is 6.18 Å². The van der Waals surface area contributed by atoms with Crippen LogP contribution in [0, 0.1) is 5.82 Å². The van der Waals surface area contributed by atoms with Gasteiger partial charge in [0.25, 0.3) is 0 Å². The van der Waals surface area contributed by atoms with Gasteiger partial charge in [0.05, 0.1) is 12.0 Å². The number of halogens is 4. The van der Waals surface area contributed by atoms with E-state index in [4.69, 9.17) is 0 Å². The van der Waals surface area contributed by atoms with E-state index in [0.717, 1.165) is 6.07 Å². The zero-order chi connectivity index (χ0) is 20.6. The summed E-state index contributed by atoms with van der Waals surface area (Å²) in [6.07, 6.45) is -3.52. The Bertz CT molecular complexity index is 1040. The van der Waals surface area contributed by atoms with Gasteiger partial charge in [-0.25, -0.2) is 4.39 Å². The van der Waals surface area contributed by atoms with Crippen LogP contribution in [0.2, 0.25) is 0 Å². The number of piperazine rings is 1. The fourth-order valence-corrected chi connectivity index (χ4v) is 3.23. The standard InChI is InChI=1S/C18H16F4N6O/c19-14-2-1-13(18(20,21)22)9-12(14)10-17(29)27-7-5-26(6-8-27)16-4-3-15-24-23-11-28(15)25-16/h1-4,9,11H,5-8,10H2. The third-order valence-electron chi connectivity index (χ3n) is 4.82. The van der Waals surface area contributed by atoms with Crippen molar-refractivity contribution in [3.05, 3.63) is 53.6 Å². The Balaban J connectivity index is 1.40. The molecule has 1 aliphatic heterocycles. The van der Waals surface area contributed by atoms with E-state index in [-0.39, 0.29) is 5.56 Å².